The molecule has 23 heavy (non-hydrogen) atoms. The Kier molecular flexibility index (Phi) is 4.39. The van der Waals surface area contributed by atoms with E-state index in [1.54, 1.807) is 19.4 Å². The fraction of sp³-hybridized carbons (Fsp3) is 0.500. The highest BCUT2D eigenvalue weighted by molar-refractivity contribution is 5.68. The zero-order valence-electron chi connectivity index (χ0n) is 14.2. The number of imidazole rings is 1. The van der Waals surface area contributed by atoms with Gasteiger partial charge in [0, 0.05) is 56.5 Å². The molecule has 0 radical (unpaired) electrons. The zero-order chi connectivity index (χ0) is 16.6. The van der Waals surface area contributed by atoms with Crippen molar-refractivity contribution in [2.75, 3.05) is 25.1 Å². The molecule has 1 aliphatic rings. The number of aryl methyl sites for hydroxylation is 1. The van der Waals surface area contributed by atoms with Crippen molar-refractivity contribution < 1.29 is 9.13 Å². The van der Waals surface area contributed by atoms with E-state index in [-0.39, 0.29) is 17.8 Å². The quantitative estimate of drug-likeness (QED) is 0.863. The van der Waals surface area contributed by atoms with Crippen molar-refractivity contribution in [2.24, 2.45) is 7.05 Å². The lowest BCUT2D eigenvalue weighted by Crippen LogP contribution is -2.24. The van der Waals surface area contributed by atoms with Gasteiger partial charge in [-0.25, -0.2) is 9.37 Å². The second kappa shape index (κ2) is 6.32. The van der Waals surface area contributed by atoms with Crippen LogP contribution in [0.3, 0.4) is 0 Å². The monoisotopic (exact) mass is 317 g/mol. The maximum atomic E-state index is 14.8. The van der Waals surface area contributed by atoms with E-state index in [0.717, 1.165) is 42.1 Å². The number of hydrogen-bond acceptors (Lipinski definition) is 3. The van der Waals surface area contributed by atoms with Crippen LogP contribution >= 0.6 is 0 Å². The molecular formula is C18H24FN3O. The van der Waals surface area contributed by atoms with Crippen LogP contribution in [0.4, 0.5) is 10.1 Å². The number of benzene rings is 1. The average molecular weight is 317 g/mol. The summed E-state index contributed by atoms with van der Waals surface area (Å²) in [6, 6.07) is 3.67. The second-order valence-electron chi connectivity index (χ2n) is 6.50. The van der Waals surface area contributed by atoms with Gasteiger partial charge < -0.3 is 14.2 Å². The van der Waals surface area contributed by atoms with Crippen LogP contribution in [-0.2, 0) is 11.8 Å². The lowest BCUT2D eigenvalue weighted by molar-refractivity contribution is 0.121. The highest BCUT2D eigenvalue weighted by Gasteiger charge is 2.27. The molecule has 1 fully saturated rings. The third kappa shape index (κ3) is 2.98. The Bertz CT molecular complexity index is 696. The van der Waals surface area contributed by atoms with Gasteiger partial charge in [-0.15, -0.1) is 0 Å². The molecule has 0 amide bonds. The fourth-order valence-corrected chi connectivity index (χ4v) is 3.35. The molecule has 2 aromatic rings. The number of aromatic nitrogens is 2. The van der Waals surface area contributed by atoms with Crippen molar-refractivity contribution in [2.45, 2.75) is 32.3 Å². The van der Waals surface area contributed by atoms with Gasteiger partial charge in [0.2, 0.25) is 0 Å². The first kappa shape index (κ1) is 16.0. The SMILES string of the molecule is CO[C@@H]1CCN(c2cc(-c3nccn3C)cc(F)c2C(C)C)C1. The van der Waals surface area contributed by atoms with Crippen molar-refractivity contribution in [3.63, 3.8) is 0 Å². The Morgan fingerprint density at radius 3 is 2.70 bits per heavy atom. The maximum absolute atomic E-state index is 14.8. The highest BCUT2D eigenvalue weighted by Crippen LogP contribution is 2.36. The summed E-state index contributed by atoms with van der Waals surface area (Å²) in [7, 11) is 3.66. The molecule has 1 atom stereocenters. The first-order chi connectivity index (χ1) is 11.0. The molecule has 0 bridgehead atoms. The minimum absolute atomic E-state index is 0.127. The number of nitrogens with zero attached hydrogens (tertiary/aromatic N) is 3. The standard InChI is InChI=1S/C18H24FN3O/c1-12(2)17-15(19)9-13(18-20-6-8-21(18)3)10-16(17)22-7-5-14(11-22)23-4/h6,8-10,12,14H,5,7,11H2,1-4H3/t14-/m1/s1. The molecular weight excluding hydrogens is 293 g/mol. The number of ether oxygens (including phenoxy) is 1. The summed E-state index contributed by atoms with van der Waals surface area (Å²) >= 11 is 0. The van der Waals surface area contributed by atoms with Gasteiger partial charge in [-0.3, -0.25) is 0 Å². The van der Waals surface area contributed by atoms with Crippen molar-refractivity contribution >= 4 is 5.69 Å². The third-order valence-electron chi connectivity index (χ3n) is 4.58. The van der Waals surface area contributed by atoms with Crippen LogP contribution in [0.2, 0.25) is 0 Å². The number of halogens is 1. The van der Waals surface area contributed by atoms with E-state index < -0.39 is 0 Å². The number of methoxy groups -OCH3 is 1. The molecule has 1 aliphatic heterocycles. The van der Waals surface area contributed by atoms with Crippen LogP contribution in [0.15, 0.2) is 24.5 Å². The van der Waals surface area contributed by atoms with Gasteiger partial charge in [-0.2, -0.15) is 0 Å². The van der Waals surface area contributed by atoms with Gasteiger partial charge in [-0.05, 0) is 24.5 Å². The summed E-state index contributed by atoms with van der Waals surface area (Å²) in [5, 5.41) is 0. The molecule has 1 saturated heterocycles. The Labute approximate surface area is 136 Å². The second-order valence-corrected chi connectivity index (χ2v) is 6.50. The Morgan fingerprint density at radius 2 is 2.13 bits per heavy atom. The minimum Gasteiger partial charge on any atom is -0.380 e. The summed E-state index contributed by atoms with van der Waals surface area (Å²) in [5.74, 6) is 0.751. The molecule has 4 nitrogen and oxygen atoms in total. The number of anilines is 1. The van der Waals surface area contributed by atoms with Crippen molar-refractivity contribution in [1.29, 1.82) is 0 Å². The van der Waals surface area contributed by atoms with Gasteiger partial charge in [0.25, 0.3) is 0 Å². The maximum Gasteiger partial charge on any atom is 0.139 e. The fourth-order valence-electron chi connectivity index (χ4n) is 3.35. The summed E-state index contributed by atoms with van der Waals surface area (Å²) in [5.41, 5.74) is 2.56. The Balaban J connectivity index is 2.08. The van der Waals surface area contributed by atoms with Crippen LogP contribution in [0.25, 0.3) is 11.4 Å². The molecule has 0 saturated carbocycles. The van der Waals surface area contributed by atoms with Crippen LogP contribution < -0.4 is 4.90 Å². The average Bonchev–Trinajstić information content (AvgIpc) is 3.14. The molecule has 0 aliphatic carbocycles. The molecule has 0 N–H and O–H groups in total. The van der Waals surface area contributed by atoms with Crippen LogP contribution in [0.1, 0.15) is 31.7 Å². The van der Waals surface area contributed by atoms with Crippen LogP contribution in [-0.4, -0.2) is 35.9 Å². The zero-order valence-corrected chi connectivity index (χ0v) is 14.2. The number of rotatable bonds is 4. The summed E-state index contributed by atoms with van der Waals surface area (Å²) < 4.78 is 22.2. The van der Waals surface area contributed by atoms with Gasteiger partial charge in [0.05, 0.1) is 6.10 Å². The molecule has 2 heterocycles. The molecule has 0 unspecified atom stereocenters. The largest absolute Gasteiger partial charge is 0.380 e. The topological polar surface area (TPSA) is 30.3 Å². The van der Waals surface area contributed by atoms with Crippen LogP contribution in [0, 0.1) is 5.82 Å². The molecule has 1 aromatic heterocycles. The van der Waals surface area contributed by atoms with E-state index >= 15 is 0 Å². The van der Waals surface area contributed by atoms with E-state index in [4.69, 9.17) is 4.74 Å². The minimum atomic E-state index is -0.156. The first-order valence-corrected chi connectivity index (χ1v) is 8.10. The predicted molar refractivity (Wildman–Crippen MR) is 90.3 cm³/mol. The molecule has 1 aromatic carbocycles. The van der Waals surface area contributed by atoms with E-state index in [9.17, 15) is 4.39 Å². The lowest BCUT2D eigenvalue weighted by atomic mass is 9.97. The van der Waals surface area contributed by atoms with Gasteiger partial charge >= 0.3 is 0 Å². The van der Waals surface area contributed by atoms with E-state index in [1.807, 2.05) is 31.7 Å². The van der Waals surface area contributed by atoms with Crippen LogP contribution in [0.5, 0.6) is 0 Å². The summed E-state index contributed by atoms with van der Waals surface area (Å²) in [4.78, 5) is 6.59. The molecule has 3 rings (SSSR count). The number of hydrogen-bond donors (Lipinski definition) is 0. The van der Waals surface area contributed by atoms with E-state index in [1.165, 1.54) is 0 Å². The van der Waals surface area contributed by atoms with Gasteiger partial charge in [0.1, 0.15) is 11.6 Å². The first-order valence-electron chi connectivity index (χ1n) is 8.10. The Morgan fingerprint density at radius 1 is 1.35 bits per heavy atom. The third-order valence-corrected chi connectivity index (χ3v) is 4.58. The normalized spacial score (nSPS) is 18.2. The predicted octanol–water partition coefficient (Wildman–Crippen LogP) is 3.57. The lowest BCUT2D eigenvalue weighted by Gasteiger charge is -2.25. The van der Waals surface area contributed by atoms with Crippen molar-refractivity contribution in [3.05, 3.63) is 35.9 Å². The van der Waals surface area contributed by atoms with Crippen molar-refractivity contribution in [1.82, 2.24) is 9.55 Å². The van der Waals surface area contributed by atoms with Gasteiger partial charge in [-0.1, -0.05) is 13.8 Å². The summed E-state index contributed by atoms with van der Waals surface area (Å²) in [6.07, 6.45) is 4.80. The van der Waals surface area contributed by atoms with E-state index in [2.05, 4.69) is 16.0 Å². The molecule has 124 valence electrons. The summed E-state index contributed by atoms with van der Waals surface area (Å²) in [6.45, 7) is 5.76. The smallest absolute Gasteiger partial charge is 0.139 e. The van der Waals surface area contributed by atoms with Crippen molar-refractivity contribution in [3.8, 4) is 11.4 Å². The highest BCUT2D eigenvalue weighted by atomic mass is 19.1. The molecule has 5 heteroatoms. The van der Waals surface area contributed by atoms with Gasteiger partial charge in [0.15, 0.2) is 0 Å². The molecule has 0 spiro atoms. The Hall–Kier alpha value is -1.88. The van der Waals surface area contributed by atoms with E-state index in [0.29, 0.717) is 0 Å².